The van der Waals surface area contributed by atoms with Gasteiger partial charge in [-0.2, -0.15) is 12.6 Å². The summed E-state index contributed by atoms with van der Waals surface area (Å²) in [7, 11) is 0. The van der Waals surface area contributed by atoms with E-state index in [0.717, 1.165) is 6.54 Å². The third-order valence-corrected chi connectivity index (χ3v) is 3.41. The third kappa shape index (κ3) is 3.14. The molecule has 0 aliphatic carbocycles. The molecule has 0 radical (unpaired) electrons. The van der Waals surface area contributed by atoms with Crippen LogP contribution in [0.15, 0.2) is 0 Å². The Labute approximate surface area is 94.1 Å². The van der Waals surface area contributed by atoms with Crippen LogP contribution in [0.5, 0.6) is 0 Å². The quantitative estimate of drug-likeness (QED) is 0.706. The van der Waals surface area contributed by atoms with Crippen LogP contribution in [-0.4, -0.2) is 46.9 Å². The van der Waals surface area contributed by atoms with Crippen molar-refractivity contribution in [3.8, 4) is 0 Å². The Kier molecular flexibility index (Phi) is 4.29. The zero-order valence-corrected chi connectivity index (χ0v) is 10.8. The van der Waals surface area contributed by atoms with E-state index in [1.165, 1.54) is 26.1 Å². The van der Waals surface area contributed by atoms with Crippen molar-refractivity contribution < 1.29 is 0 Å². The molecule has 1 saturated heterocycles. The second-order valence-corrected chi connectivity index (χ2v) is 5.73. The van der Waals surface area contributed by atoms with Crippen molar-refractivity contribution in [3.05, 3.63) is 0 Å². The predicted molar refractivity (Wildman–Crippen MR) is 66.0 cm³/mol. The second kappa shape index (κ2) is 4.86. The first kappa shape index (κ1) is 12.3. The Morgan fingerprint density at radius 3 is 2.36 bits per heavy atom. The lowest BCUT2D eigenvalue weighted by Gasteiger charge is -2.45. The van der Waals surface area contributed by atoms with Crippen LogP contribution in [0.2, 0.25) is 0 Å². The number of hydrogen-bond acceptors (Lipinski definition) is 3. The summed E-state index contributed by atoms with van der Waals surface area (Å²) in [6, 6.07) is 0. The molecule has 14 heavy (non-hydrogen) atoms. The molecule has 0 aromatic heterocycles. The highest BCUT2D eigenvalue weighted by atomic mass is 32.1. The standard InChI is InChI=1S/C11H24N2S/c1-5-6-12-7-8-13(9-10(12)14)11(2,3)4/h10,14H,5-9H2,1-4H3. The first-order valence-electron chi connectivity index (χ1n) is 5.62. The summed E-state index contributed by atoms with van der Waals surface area (Å²) in [5.41, 5.74) is 0.291. The van der Waals surface area contributed by atoms with Gasteiger partial charge >= 0.3 is 0 Å². The van der Waals surface area contributed by atoms with Crippen molar-refractivity contribution in [2.75, 3.05) is 26.2 Å². The average Bonchev–Trinajstić information content (AvgIpc) is 2.07. The van der Waals surface area contributed by atoms with E-state index in [-0.39, 0.29) is 0 Å². The van der Waals surface area contributed by atoms with Crippen molar-refractivity contribution >= 4 is 12.6 Å². The van der Waals surface area contributed by atoms with E-state index in [2.05, 4.69) is 50.1 Å². The van der Waals surface area contributed by atoms with Gasteiger partial charge in [-0.05, 0) is 33.7 Å². The van der Waals surface area contributed by atoms with E-state index in [0.29, 0.717) is 10.9 Å². The summed E-state index contributed by atoms with van der Waals surface area (Å²) in [6.45, 7) is 13.7. The van der Waals surface area contributed by atoms with Crippen LogP contribution in [0.4, 0.5) is 0 Å². The number of hydrogen-bond donors (Lipinski definition) is 1. The molecule has 2 nitrogen and oxygen atoms in total. The van der Waals surface area contributed by atoms with Gasteiger partial charge in [-0.1, -0.05) is 6.92 Å². The molecule has 1 fully saturated rings. The smallest absolute Gasteiger partial charge is 0.0657 e. The summed E-state index contributed by atoms with van der Waals surface area (Å²) >= 11 is 4.67. The second-order valence-electron chi connectivity index (χ2n) is 5.13. The van der Waals surface area contributed by atoms with Crippen LogP contribution in [0.25, 0.3) is 0 Å². The van der Waals surface area contributed by atoms with Gasteiger partial charge in [-0.15, -0.1) is 0 Å². The van der Waals surface area contributed by atoms with Crippen LogP contribution in [0, 0.1) is 0 Å². The zero-order chi connectivity index (χ0) is 10.8. The van der Waals surface area contributed by atoms with E-state index in [1.807, 2.05) is 0 Å². The monoisotopic (exact) mass is 216 g/mol. The van der Waals surface area contributed by atoms with Gasteiger partial charge in [-0.3, -0.25) is 9.80 Å². The van der Waals surface area contributed by atoms with Crippen LogP contribution >= 0.6 is 12.6 Å². The van der Waals surface area contributed by atoms with Gasteiger partial charge in [0.25, 0.3) is 0 Å². The van der Waals surface area contributed by atoms with Gasteiger partial charge in [-0.25, -0.2) is 0 Å². The van der Waals surface area contributed by atoms with Crippen molar-refractivity contribution in [1.82, 2.24) is 9.80 Å². The lowest BCUT2D eigenvalue weighted by atomic mass is 10.0. The predicted octanol–water partition coefficient (Wildman–Crippen LogP) is 2.07. The van der Waals surface area contributed by atoms with Crippen LogP contribution in [0.1, 0.15) is 34.1 Å². The van der Waals surface area contributed by atoms with Gasteiger partial charge in [0.1, 0.15) is 0 Å². The highest BCUT2D eigenvalue weighted by Gasteiger charge is 2.29. The van der Waals surface area contributed by atoms with E-state index in [9.17, 15) is 0 Å². The molecule has 0 bridgehead atoms. The zero-order valence-electron chi connectivity index (χ0n) is 9.95. The molecule has 1 unspecified atom stereocenters. The van der Waals surface area contributed by atoms with Crippen molar-refractivity contribution in [2.45, 2.75) is 45.0 Å². The van der Waals surface area contributed by atoms with Crippen molar-refractivity contribution in [2.24, 2.45) is 0 Å². The first-order valence-corrected chi connectivity index (χ1v) is 6.14. The van der Waals surface area contributed by atoms with E-state index >= 15 is 0 Å². The molecule has 1 atom stereocenters. The van der Waals surface area contributed by atoms with Gasteiger partial charge < -0.3 is 0 Å². The maximum absolute atomic E-state index is 4.67. The highest BCUT2D eigenvalue weighted by Crippen LogP contribution is 2.20. The molecule has 0 N–H and O–H groups in total. The Bertz CT molecular complexity index is 177. The van der Waals surface area contributed by atoms with E-state index < -0.39 is 0 Å². The SMILES string of the molecule is CCCN1CCN(C(C)(C)C)CC1S. The van der Waals surface area contributed by atoms with Gasteiger partial charge in [0.05, 0.1) is 5.37 Å². The van der Waals surface area contributed by atoms with E-state index in [1.54, 1.807) is 0 Å². The molecular formula is C11H24N2S. The fourth-order valence-electron chi connectivity index (χ4n) is 1.96. The van der Waals surface area contributed by atoms with Gasteiger partial charge in [0.15, 0.2) is 0 Å². The molecule has 1 aliphatic rings. The maximum atomic E-state index is 4.67. The Hall–Kier alpha value is 0.270. The average molecular weight is 216 g/mol. The maximum Gasteiger partial charge on any atom is 0.0657 e. The molecule has 1 rings (SSSR count). The fraction of sp³-hybridized carbons (Fsp3) is 1.00. The number of rotatable bonds is 2. The van der Waals surface area contributed by atoms with E-state index in [4.69, 9.17) is 0 Å². The lowest BCUT2D eigenvalue weighted by molar-refractivity contribution is 0.0519. The minimum absolute atomic E-state index is 0.291. The molecule has 0 amide bonds. The highest BCUT2D eigenvalue weighted by molar-refractivity contribution is 7.80. The Morgan fingerprint density at radius 1 is 1.29 bits per heavy atom. The summed E-state index contributed by atoms with van der Waals surface area (Å²) in [6.07, 6.45) is 1.23. The molecule has 84 valence electrons. The number of thiol groups is 1. The topological polar surface area (TPSA) is 6.48 Å². The fourth-order valence-corrected chi connectivity index (χ4v) is 2.39. The van der Waals surface area contributed by atoms with Crippen LogP contribution < -0.4 is 0 Å². The normalized spacial score (nSPS) is 26.8. The lowest BCUT2D eigenvalue weighted by Crippen LogP contribution is -2.56. The van der Waals surface area contributed by atoms with Crippen molar-refractivity contribution in [1.29, 1.82) is 0 Å². The molecule has 0 spiro atoms. The third-order valence-electron chi connectivity index (χ3n) is 2.92. The molecule has 0 aromatic rings. The Balaban J connectivity index is 2.46. The van der Waals surface area contributed by atoms with Gasteiger partial charge in [0.2, 0.25) is 0 Å². The molecule has 1 heterocycles. The Morgan fingerprint density at radius 2 is 1.93 bits per heavy atom. The van der Waals surface area contributed by atoms with Gasteiger partial charge in [0, 0.05) is 25.2 Å². The van der Waals surface area contributed by atoms with Crippen LogP contribution in [0.3, 0.4) is 0 Å². The number of nitrogens with zero attached hydrogens (tertiary/aromatic N) is 2. The molecule has 1 aliphatic heterocycles. The van der Waals surface area contributed by atoms with Crippen molar-refractivity contribution in [3.63, 3.8) is 0 Å². The minimum Gasteiger partial charge on any atom is -0.295 e. The molecular weight excluding hydrogens is 192 g/mol. The van der Waals surface area contributed by atoms with Crippen LogP contribution in [-0.2, 0) is 0 Å². The number of piperazine rings is 1. The summed E-state index contributed by atoms with van der Waals surface area (Å²) in [5.74, 6) is 0. The first-order chi connectivity index (χ1) is 6.45. The summed E-state index contributed by atoms with van der Waals surface area (Å²) < 4.78 is 0. The summed E-state index contributed by atoms with van der Waals surface area (Å²) in [5, 5.41) is 0.419. The minimum atomic E-state index is 0.291. The largest absolute Gasteiger partial charge is 0.295 e. The summed E-state index contributed by atoms with van der Waals surface area (Å²) in [4.78, 5) is 5.00. The molecule has 0 saturated carbocycles. The molecule has 0 aromatic carbocycles. The molecule has 3 heteroatoms.